The van der Waals surface area contributed by atoms with Crippen LogP contribution in [0.3, 0.4) is 0 Å². The van der Waals surface area contributed by atoms with Crippen LogP contribution in [0, 0.1) is 6.92 Å². The standard InChI is InChI=1S/C10H12BrNO2S/c1-3-14-10(13)6-15-9-5-4-8(11)7(2)12-9/h4-5H,3,6H2,1-2H3. The molecule has 0 bridgehead atoms. The van der Waals surface area contributed by atoms with Crippen molar-refractivity contribution in [3.05, 3.63) is 22.3 Å². The molecule has 0 aromatic carbocycles. The van der Waals surface area contributed by atoms with Crippen LogP contribution in [0.1, 0.15) is 12.6 Å². The van der Waals surface area contributed by atoms with Crippen molar-refractivity contribution >= 4 is 33.7 Å². The average Bonchev–Trinajstić information content (AvgIpc) is 2.20. The monoisotopic (exact) mass is 289 g/mol. The first-order chi connectivity index (χ1) is 7.13. The molecule has 1 aromatic rings. The van der Waals surface area contributed by atoms with Crippen LogP contribution < -0.4 is 0 Å². The van der Waals surface area contributed by atoms with Gasteiger partial charge in [-0.25, -0.2) is 4.98 Å². The number of thioether (sulfide) groups is 1. The Hall–Kier alpha value is -0.550. The number of pyridine rings is 1. The molecule has 1 heterocycles. The Kier molecular flexibility index (Phi) is 5.11. The minimum Gasteiger partial charge on any atom is -0.465 e. The largest absolute Gasteiger partial charge is 0.465 e. The molecule has 3 nitrogen and oxygen atoms in total. The van der Waals surface area contributed by atoms with E-state index in [-0.39, 0.29) is 5.97 Å². The van der Waals surface area contributed by atoms with Gasteiger partial charge in [0.25, 0.3) is 0 Å². The maximum Gasteiger partial charge on any atom is 0.316 e. The first kappa shape index (κ1) is 12.5. The summed E-state index contributed by atoms with van der Waals surface area (Å²) in [5, 5.41) is 0.837. The van der Waals surface area contributed by atoms with Gasteiger partial charge in [0, 0.05) is 4.47 Å². The molecule has 0 radical (unpaired) electrons. The molecule has 82 valence electrons. The molecule has 0 atom stereocenters. The van der Waals surface area contributed by atoms with Gasteiger partial charge < -0.3 is 4.74 Å². The van der Waals surface area contributed by atoms with E-state index in [4.69, 9.17) is 4.74 Å². The third-order valence-electron chi connectivity index (χ3n) is 1.64. The molecule has 1 rings (SSSR count). The van der Waals surface area contributed by atoms with Gasteiger partial charge in [-0.2, -0.15) is 0 Å². The predicted molar refractivity (Wildman–Crippen MR) is 64.0 cm³/mol. The van der Waals surface area contributed by atoms with Crippen molar-refractivity contribution in [3.8, 4) is 0 Å². The highest BCUT2D eigenvalue weighted by atomic mass is 79.9. The lowest BCUT2D eigenvalue weighted by atomic mass is 10.4. The number of hydrogen-bond donors (Lipinski definition) is 0. The summed E-state index contributed by atoms with van der Waals surface area (Å²) in [6.07, 6.45) is 0. The molecular weight excluding hydrogens is 278 g/mol. The summed E-state index contributed by atoms with van der Waals surface area (Å²) < 4.78 is 5.80. The van der Waals surface area contributed by atoms with Crippen LogP contribution in [0.5, 0.6) is 0 Å². The molecule has 5 heteroatoms. The normalized spacial score (nSPS) is 10.1. The smallest absolute Gasteiger partial charge is 0.316 e. The van der Waals surface area contributed by atoms with Crippen molar-refractivity contribution in [3.63, 3.8) is 0 Å². The third-order valence-corrected chi connectivity index (χ3v) is 3.38. The number of ether oxygens (including phenoxy) is 1. The summed E-state index contributed by atoms with van der Waals surface area (Å²) in [4.78, 5) is 15.4. The van der Waals surface area contributed by atoms with Crippen LogP contribution in [0.4, 0.5) is 0 Å². The van der Waals surface area contributed by atoms with Gasteiger partial charge in [0.1, 0.15) is 0 Å². The van der Waals surface area contributed by atoms with Gasteiger partial charge >= 0.3 is 5.97 Å². The molecule has 0 N–H and O–H groups in total. The lowest BCUT2D eigenvalue weighted by Gasteiger charge is -2.03. The molecule has 0 aliphatic carbocycles. The third kappa shape index (κ3) is 4.22. The van der Waals surface area contributed by atoms with E-state index in [1.807, 2.05) is 19.1 Å². The number of nitrogens with zero attached hydrogens (tertiary/aromatic N) is 1. The molecule has 0 fully saturated rings. The second-order valence-corrected chi connectivity index (χ2v) is 4.66. The van der Waals surface area contributed by atoms with E-state index in [1.165, 1.54) is 11.8 Å². The van der Waals surface area contributed by atoms with E-state index in [2.05, 4.69) is 20.9 Å². The predicted octanol–water partition coefficient (Wildman–Crippen LogP) is 2.81. The Morgan fingerprint density at radius 1 is 1.60 bits per heavy atom. The van der Waals surface area contributed by atoms with Crippen molar-refractivity contribution in [2.45, 2.75) is 18.9 Å². The Labute approximate surface area is 102 Å². The molecule has 0 spiro atoms. The molecule has 0 unspecified atom stereocenters. The van der Waals surface area contributed by atoms with E-state index < -0.39 is 0 Å². The van der Waals surface area contributed by atoms with Crippen molar-refractivity contribution in [2.75, 3.05) is 12.4 Å². The van der Waals surface area contributed by atoms with E-state index in [0.29, 0.717) is 12.4 Å². The maximum absolute atomic E-state index is 11.1. The molecule has 15 heavy (non-hydrogen) atoms. The summed E-state index contributed by atoms with van der Waals surface area (Å²) in [7, 11) is 0. The number of hydrogen-bond acceptors (Lipinski definition) is 4. The van der Waals surface area contributed by atoms with E-state index in [0.717, 1.165) is 15.2 Å². The average molecular weight is 290 g/mol. The van der Waals surface area contributed by atoms with Gasteiger partial charge in [0.2, 0.25) is 0 Å². The summed E-state index contributed by atoms with van der Waals surface area (Å²) in [5.74, 6) is 0.104. The lowest BCUT2D eigenvalue weighted by molar-refractivity contribution is -0.139. The highest BCUT2D eigenvalue weighted by molar-refractivity contribution is 9.10. The zero-order valence-electron chi connectivity index (χ0n) is 8.62. The first-order valence-corrected chi connectivity index (χ1v) is 6.33. The second-order valence-electron chi connectivity index (χ2n) is 2.81. The molecule has 0 saturated carbocycles. The lowest BCUT2D eigenvalue weighted by Crippen LogP contribution is -2.06. The van der Waals surface area contributed by atoms with E-state index >= 15 is 0 Å². The Morgan fingerprint density at radius 2 is 2.33 bits per heavy atom. The summed E-state index contributed by atoms with van der Waals surface area (Å²) in [6.45, 7) is 4.13. The zero-order valence-corrected chi connectivity index (χ0v) is 11.0. The molecule has 0 saturated heterocycles. The number of carbonyl (C=O) groups excluding carboxylic acids is 1. The summed E-state index contributed by atoms with van der Waals surface area (Å²) in [6, 6.07) is 3.80. The van der Waals surface area contributed by atoms with Crippen LogP contribution in [-0.4, -0.2) is 23.3 Å². The van der Waals surface area contributed by atoms with Crippen molar-refractivity contribution in [2.24, 2.45) is 0 Å². The topological polar surface area (TPSA) is 39.2 Å². The molecular formula is C10H12BrNO2S. The maximum atomic E-state index is 11.1. The van der Waals surface area contributed by atoms with Crippen molar-refractivity contribution in [1.82, 2.24) is 4.98 Å². The fourth-order valence-electron chi connectivity index (χ4n) is 0.937. The molecule has 1 aromatic heterocycles. The van der Waals surface area contributed by atoms with Gasteiger partial charge in [-0.3, -0.25) is 4.79 Å². The van der Waals surface area contributed by atoms with Crippen LogP contribution in [0.15, 0.2) is 21.6 Å². The number of aryl methyl sites for hydroxylation is 1. The van der Waals surface area contributed by atoms with Gasteiger partial charge in [-0.05, 0) is 41.9 Å². The Bertz CT molecular complexity index is 357. The van der Waals surface area contributed by atoms with E-state index in [9.17, 15) is 4.79 Å². The van der Waals surface area contributed by atoms with Crippen LogP contribution in [-0.2, 0) is 9.53 Å². The SMILES string of the molecule is CCOC(=O)CSc1ccc(Br)c(C)n1. The number of rotatable bonds is 4. The molecule has 0 aliphatic heterocycles. The summed E-state index contributed by atoms with van der Waals surface area (Å²) in [5.41, 5.74) is 0.920. The summed E-state index contributed by atoms with van der Waals surface area (Å²) >= 11 is 4.76. The number of halogens is 1. The van der Waals surface area contributed by atoms with Gasteiger partial charge in [0.05, 0.1) is 23.1 Å². The van der Waals surface area contributed by atoms with E-state index in [1.54, 1.807) is 6.92 Å². The number of aromatic nitrogens is 1. The van der Waals surface area contributed by atoms with Gasteiger partial charge in [0.15, 0.2) is 0 Å². The Morgan fingerprint density at radius 3 is 2.93 bits per heavy atom. The van der Waals surface area contributed by atoms with Crippen LogP contribution >= 0.6 is 27.7 Å². The second kappa shape index (κ2) is 6.12. The first-order valence-electron chi connectivity index (χ1n) is 4.55. The number of esters is 1. The minimum absolute atomic E-state index is 0.204. The molecule has 0 aliphatic rings. The highest BCUT2D eigenvalue weighted by Crippen LogP contribution is 2.20. The minimum atomic E-state index is -0.204. The molecule has 0 amide bonds. The fraction of sp³-hybridized carbons (Fsp3) is 0.400. The Balaban J connectivity index is 2.51. The van der Waals surface area contributed by atoms with Crippen molar-refractivity contribution < 1.29 is 9.53 Å². The quantitative estimate of drug-likeness (QED) is 0.631. The van der Waals surface area contributed by atoms with Crippen LogP contribution in [0.2, 0.25) is 0 Å². The fourth-order valence-corrected chi connectivity index (χ4v) is 1.87. The zero-order chi connectivity index (χ0) is 11.3. The van der Waals surface area contributed by atoms with Crippen molar-refractivity contribution in [1.29, 1.82) is 0 Å². The van der Waals surface area contributed by atoms with Gasteiger partial charge in [-0.1, -0.05) is 11.8 Å². The van der Waals surface area contributed by atoms with Gasteiger partial charge in [-0.15, -0.1) is 0 Å². The highest BCUT2D eigenvalue weighted by Gasteiger charge is 2.05. The number of carbonyl (C=O) groups is 1. The van der Waals surface area contributed by atoms with Crippen LogP contribution in [0.25, 0.3) is 0 Å².